The first-order chi connectivity index (χ1) is 30.1. The zero-order chi connectivity index (χ0) is 44.8. The number of amides is 1. The number of imidazole rings is 1. The summed E-state index contributed by atoms with van der Waals surface area (Å²) in [6.07, 6.45) is 0.533. The van der Waals surface area contributed by atoms with E-state index >= 15 is 8.78 Å². The van der Waals surface area contributed by atoms with Crippen LogP contribution in [0.1, 0.15) is 54.0 Å². The number of nitrogens with one attached hydrogen (secondary N) is 1. The monoisotopic (exact) mass is 891 g/mol. The third kappa shape index (κ3) is 10.9. The van der Waals surface area contributed by atoms with Crippen LogP contribution in [0.4, 0.5) is 14.5 Å². The number of benzene rings is 3. The Labute approximate surface area is 368 Å². The number of hydrogen-bond donors (Lipinski definition) is 1. The van der Waals surface area contributed by atoms with Crippen molar-refractivity contribution in [2.45, 2.75) is 97.3 Å². The van der Waals surface area contributed by atoms with Crippen LogP contribution in [-0.2, 0) is 40.3 Å². The van der Waals surface area contributed by atoms with E-state index in [0.29, 0.717) is 42.5 Å². The predicted octanol–water partition coefficient (Wildman–Crippen LogP) is 8.92. The molecule has 3 aromatic carbocycles. The quantitative estimate of drug-likeness (QED) is 0.0625. The summed E-state index contributed by atoms with van der Waals surface area (Å²) in [7, 11) is -4.45. The lowest BCUT2D eigenvalue weighted by molar-refractivity contribution is 0.00243. The molecular weight excluding hydrogens is 837 g/mol. The van der Waals surface area contributed by atoms with E-state index in [2.05, 4.69) is 45.2 Å². The molecule has 330 valence electrons. The number of aryl methyl sites for hydroxylation is 1. The molecule has 1 atom stereocenters. The maximum atomic E-state index is 15.0. The molecule has 0 aliphatic rings. The van der Waals surface area contributed by atoms with E-state index in [1.807, 2.05) is 119 Å². The summed E-state index contributed by atoms with van der Waals surface area (Å²) in [6.45, 7) is 16.8. The van der Waals surface area contributed by atoms with Crippen LogP contribution >= 0.6 is 0 Å². The van der Waals surface area contributed by atoms with Crippen molar-refractivity contribution in [2.24, 2.45) is 0 Å². The highest BCUT2D eigenvalue weighted by Crippen LogP contribution is 2.38. The molecule has 0 aliphatic heterocycles. The Kier molecular flexibility index (Phi) is 14.0. The third-order valence-electron chi connectivity index (χ3n) is 10.9. The molecule has 0 radical (unpaired) electrons. The summed E-state index contributed by atoms with van der Waals surface area (Å²) in [5.41, 5.74) is 4.47. The van der Waals surface area contributed by atoms with Crippen LogP contribution in [0.3, 0.4) is 0 Å². The molecule has 0 bridgehead atoms. The van der Waals surface area contributed by atoms with Gasteiger partial charge in [0.2, 0.25) is 11.7 Å². The topological polar surface area (TPSA) is 131 Å². The molecule has 1 N–H and O–H groups in total. The van der Waals surface area contributed by atoms with Crippen LogP contribution in [0.5, 0.6) is 0 Å². The van der Waals surface area contributed by atoms with Gasteiger partial charge in [0, 0.05) is 38.3 Å². The zero-order valence-electron chi connectivity index (χ0n) is 36.8. The van der Waals surface area contributed by atoms with Gasteiger partial charge < -0.3 is 23.7 Å². The molecule has 0 aliphatic carbocycles. The lowest BCUT2D eigenvalue weighted by atomic mass is 10.1. The molecule has 63 heavy (non-hydrogen) atoms. The molecule has 0 fully saturated rings. The SMILES string of the molecule is Cc1ccc(-c2noc(C[C@H](O[Si](c3ccccc3)(c3ccccc3)C(C)(C)C)C(F)F)n2)cc1NC(=O)c1cnc2cc(COCc3ccn(COCC[Si](C)(C)C)n3)ccn12. The second-order valence-corrected chi connectivity index (χ2v) is 27.8. The maximum absolute atomic E-state index is 15.0. The van der Waals surface area contributed by atoms with Crippen LogP contribution in [-0.4, -0.2) is 70.7 Å². The van der Waals surface area contributed by atoms with Crippen LogP contribution in [0.15, 0.2) is 120 Å². The molecule has 16 heteroatoms. The van der Waals surface area contributed by atoms with E-state index in [9.17, 15) is 4.79 Å². The lowest BCUT2D eigenvalue weighted by Crippen LogP contribution is -2.68. The largest absolute Gasteiger partial charge is 0.398 e. The molecule has 0 saturated heterocycles. The van der Waals surface area contributed by atoms with Crippen molar-refractivity contribution >= 4 is 44.0 Å². The average molecular weight is 892 g/mol. The van der Waals surface area contributed by atoms with Gasteiger partial charge in [-0.05, 0) is 63.8 Å². The van der Waals surface area contributed by atoms with Crippen LogP contribution in [0, 0.1) is 6.92 Å². The second-order valence-electron chi connectivity index (χ2n) is 17.9. The van der Waals surface area contributed by atoms with Gasteiger partial charge in [0.05, 0.1) is 31.5 Å². The first-order valence-electron chi connectivity index (χ1n) is 21.1. The molecule has 0 unspecified atom stereocenters. The number of alkyl halides is 2. The number of ether oxygens (including phenoxy) is 2. The first kappa shape index (κ1) is 45.4. The van der Waals surface area contributed by atoms with Crippen molar-refractivity contribution in [1.82, 2.24) is 29.3 Å². The Morgan fingerprint density at radius 3 is 2.27 bits per heavy atom. The van der Waals surface area contributed by atoms with E-state index in [4.69, 9.17) is 18.4 Å². The number of rotatable bonds is 19. The normalized spacial score (nSPS) is 12.9. The first-order valence-corrected chi connectivity index (χ1v) is 26.7. The minimum Gasteiger partial charge on any atom is -0.398 e. The fourth-order valence-corrected chi connectivity index (χ4v) is 12.9. The minimum absolute atomic E-state index is 0.0132. The van der Waals surface area contributed by atoms with E-state index in [0.717, 1.165) is 39.8 Å². The van der Waals surface area contributed by atoms with E-state index in [1.165, 1.54) is 6.20 Å². The highest BCUT2D eigenvalue weighted by molar-refractivity contribution is 6.99. The van der Waals surface area contributed by atoms with E-state index in [1.54, 1.807) is 27.4 Å². The zero-order valence-corrected chi connectivity index (χ0v) is 38.8. The van der Waals surface area contributed by atoms with Crippen molar-refractivity contribution in [1.29, 1.82) is 0 Å². The third-order valence-corrected chi connectivity index (χ3v) is 17.6. The van der Waals surface area contributed by atoms with Gasteiger partial charge in [-0.1, -0.05) is 118 Å². The van der Waals surface area contributed by atoms with Gasteiger partial charge in [0.15, 0.2) is 0 Å². The summed E-state index contributed by atoms with van der Waals surface area (Å²) in [5.74, 6) is -0.168. The van der Waals surface area contributed by atoms with Gasteiger partial charge in [-0.15, -0.1) is 0 Å². The van der Waals surface area contributed by atoms with Gasteiger partial charge >= 0.3 is 0 Å². The van der Waals surface area contributed by atoms with Crippen molar-refractivity contribution in [3.05, 3.63) is 144 Å². The standard InChI is InChI=1S/C47H55F2N7O5Si2/c1-33-18-19-35(45-52-43(60-54-45)28-41(44(48)49)61-63(47(2,3)4,37-14-10-8-11-15-37)38-16-12-9-13-17-38)27-39(33)51-46(57)40-29-50-42-26-34(20-23-56(40)42)30-59-31-36-21-22-55(53-36)32-58-24-25-62(5,6)7/h8-23,26-27,29,41,44H,24-25,28,30-32H2,1-7H3,(H,51,57)/t41-/m0/s1. The smallest absolute Gasteiger partial charge is 0.274 e. The number of carbonyl (C=O) groups is 1. The summed E-state index contributed by atoms with van der Waals surface area (Å²) in [4.78, 5) is 22.7. The molecule has 4 heterocycles. The van der Waals surface area contributed by atoms with E-state index in [-0.39, 0.29) is 24.0 Å². The molecule has 12 nitrogen and oxygen atoms in total. The number of carbonyl (C=O) groups excluding carboxylic acids is 1. The van der Waals surface area contributed by atoms with Gasteiger partial charge in [-0.2, -0.15) is 10.1 Å². The summed E-state index contributed by atoms with van der Waals surface area (Å²) in [6, 6.07) is 31.4. The summed E-state index contributed by atoms with van der Waals surface area (Å²) in [5, 5.41) is 12.9. The number of fused-ring (bicyclic) bond motifs is 1. The number of pyridine rings is 1. The molecule has 7 rings (SSSR count). The second kappa shape index (κ2) is 19.4. The molecule has 4 aromatic heterocycles. The Balaban J connectivity index is 0.998. The number of aromatic nitrogens is 6. The molecule has 1 amide bonds. The van der Waals surface area contributed by atoms with Gasteiger partial charge in [-0.3, -0.25) is 9.20 Å². The highest BCUT2D eigenvalue weighted by atomic mass is 28.4. The Morgan fingerprint density at radius 1 is 0.889 bits per heavy atom. The fourth-order valence-electron chi connectivity index (χ4n) is 7.45. The molecule has 7 aromatic rings. The molecule has 0 spiro atoms. The Hall–Kier alpha value is -5.66. The predicted molar refractivity (Wildman–Crippen MR) is 245 cm³/mol. The number of hydrogen-bond acceptors (Lipinski definition) is 9. The van der Waals surface area contributed by atoms with Crippen molar-refractivity contribution in [3.63, 3.8) is 0 Å². The number of nitrogens with zero attached hydrogens (tertiary/aromatic N) is 6. The summed E-state index contributed by atoms with van der Waals surface area (Å²) < 4.78 is 57.6. The van der Waals surface area contributed by atoms with Crippen molar-refractivity contribution in [2.75, 3.05) is 11.9 Å². The van der Waals surface area contributed by atoms with Gasteiger partial charge in [0.25, 0.3) is 20.7 Å². The molecular formula is C47H55F2N7O5Si2. The van der Waals surface area contributed by atoms with Crippen LogP contribution < -0.4 is 15.7 Å². The van der Waals surface area contributed by atoms with Crippen molar-refractivity contribution in [3.8, 4) is 11.4 Å². The Morgan fingerprint density at radius 2 is 1.60 bits per heavy atom. The average Bonchev–Trinajstić information content (AvgIpc) is 4.02. The fraction of sp³-hybridized carbons (Fsp3) is 0.340. The van der Waals surface area contributed by atoms with Crippen molar-refractivity contribution < 1.29 is 32.0 Å². The minimum atomic E-state index is -3.31. The lowest BCUT2D eigenvalue weighted by Gasteiger charge is -2.44. The van der Waals surface area contributed by atoms with Crippen LogP contribution in [0.2, 0.25) is 30.7 Å². The molecule has 0 saturated carbocycles. The van der Waals surface area contributed by atoms with Gasteiger partial charge in [-0.25, -0.2) is 18.4 Å². The summed E-state index contributed by atoms with van der Waals surface area (Å²) >= 11 is 0. The van der Waals surface area contributed by atoms with Gasteiger partial charge in [0.1, 0.15) is 24.2 Å². The Bertz CT molecular complexity index is 2570. The number of anilines is 1. The number of halogens is 2. The highest BCUT2D eigenvalue weighted by Gasteiger charge is 2.52. The maximum Gasteiger partial charge on any atom is 0.274 e. The van der Waals surface area contributed by atoms with E-state index < -0.39 is 34.0 Å². The van der Waals surface area contributed by atoms with Crippen LogP contribution in [0.25, 0.3) is 17.0 Å².